The van der Waals surface area contributed by atoms with Crippen molar-refractivity contribution in [3.8, 4) is 0 Å². The van der Waals surface area contributed by atoms with Gasteiger partial charge in [0, 0.05) is 5.57 Å². The van der Waals surface area contributed by atoms with Crippen LogP contribution in [0.15, 0.2) is 35.6 Å². The summed E-state index contributed by atoms with van der Waals surface area (Å²) in [5.74, 6) is 0.537. The van der Waals surface area contributed by atoms with Gasteiger partial charge in [0.15, 0.2) is 0 Å². The molecule has 0 atom stereocenters. The van der Waals surface area contributed by atoms with Crippen molar-refractivity contribution in [3.63, 3.8) is 0 Å². The molecule has 0 aliphatic carbocycles. The van der Waals surface area contributed by atoms with E-state index in [-0.39, 0.29) is 5.97 Å². The quantitative estimate of drug-likeness (QED) is 0.391. The van der Waals surface area contributed by atoms with Crippen molar-refractivity contribution in [1.29, 1.82) is 0 Å². The number of ether oxygens (including phenoxy) is 1. The van der Waals surface area contributed by atoms with Gasteiger partial charge < -0.3 is 4.74 Å². The molecular formula is C13H18O2. The van der Waals surface area contributed by atoms with Crippen molar-refractivity contribution >= 4 is 5.97 Å². The van der Waals surface area contributed by atoms with Gasteiger partial charge >= 0.3 is 5.97 Å². The van der Waals surface area contributed by atoms with Crippen LogP contribution < -0.4 is 0 Å². The summed E-state index contributed by atoms with van der Waals surface area (Å²) in [5.41, 5.74) is 0.773. The number of carbonyl (C=O) groups is 1. The molecule has 0 aromatic rings. The van der Waals surface area contributed by atoms with Crippen molar-refractivity contribution in [2.75, 3.05) is 0 Å². The lowest BCUT2D eigenvalue weighted by molar-refractivity contribution is -0.133. The minimum Gasteiger partial charge on any atom is -0.424 e. The molecule has 0 spiro atoms. The van der Waals surface area contributed by atoms with Gasteiger partial charge in [0.25, 0.3) is 0 Å². The Morgan fingerprint density at radius 3 is 2.80 bits per heavy atom. The Morgan fingerprint density at radius 2 is 2.20 bits per heavy atom. The third-order valence-electron chi connectivity index (χ3n) is 2.33. The highest BCUT2D eigenvalue weighted by Crippen LogP contribution is 2.20. The van der Waals surface area contributed by atoms with Crippen molar-refractivity contribution in [1.82, 2.24) is 0 Å². The van der Waals surface area contributed by atoms with E-state index in [1.54, 1.807) is 0 Å². The fourth-order valence-electron chi connectivity index (χ4n) is 1.43. The van der Waals surface area contributed by atoms with E-state index < -0.39 is 0 Å². The van der Waals surface area contributed by atoms with E-state index in [1.165, 1.54) is 0 Å². The Kier molecular flexibility index (Phi) is 4.88. The monoisotopic (exact) mass is 206 g/mol. The number of esters is 1. The van der Waals surface area contributed by atoms with E-state index in [0.29, 0.717) is 0 Å². The first kappa shape index (κ1) is 11.8. The largest absolute Gasteiger partial charge is 0.424 e. The van der Waals surface area contributed by atoms with Crippen LogP contribution in [0.4, 0.5) is 0 Å². The molecule has 0 fully saturated rings. The molecule has 0 radical (unpaired) electrons. The van der Waals surface area contributed by atoms with Gasteiger partial charge in [-0.3, -0.25) is 0 Å². The Bertz CT molecular complexity index is 308. The Hall–Kier alpha value is -1.31. The smallest absolute Gasteiger partial charge is 0.339 e. The number of hydrogen-bond donors (Lipinski definition) is 0. The van der Waals surface area contributed by atoms with Gasteiger partial charge in [0.2, 0.25) is 0 Å². The molecule has 2 heteroatoms. The third-order valence-corrected chi connectivity index (χ3v) is 2.33. The summed E-state index contributed by atoms with van der Waals surface area (Å²) in [4.78, 5) is 11.2. The summed E-state index contributed by atoms with van der Waals surface area (Å²) in [7, 11) is 0. The molecule has 0 aromatic carbocycles. The Labute approximate surface area is 91.3 Å². The number of unbranched alkanes of at least 4 members (excludes halogenated alkanes) is 2. The van der Waals surface area contributed by atoms with Crippen LogP contribution in [0.1, 0.15) is 39.5 Å². The second kappa shape index (κ2) is 6.23. The maximum absolute atomic E-state index is 11.2. The zero-order valence-electron chi connectivity index (χ0n) is 9.45. The fourth-order valence-corrected chi connectivity index (χ4v) is 1.43. The van der Waals surface area contributed by atoms with Crippen molar-refractivity contribution in [3.05, 3.63) is 35.6 Å². The van der Waals surface area contributed by atoms with Crippen LogP contribution in [-0.4, -0.2) is 5.97 Å². The zero-order chi connectivity index (χ0) is 11.1. The Balaban J connectivity index is 2.36. The van der Waals surface area contributed by atoms with Crippen LogP contribution in [0.25, 0.3) is 0 Å². The third kappa shape index (κ3) is 3.74. The highest BCUT2D eigenvalue weighted by Gasteiger charge is 2.18. The first-order valence-electron chi connectivity index (χ1n) is 5.52. The van der Waals surface area contributed by atoms with Crippen LogP contribution in [0.2, 0.25) is 0 Å². The predicted molar refractivity (Wildman–Crippen MR) is 61.2 cm³/mol. The molecule has 0 amide bonds. The average molecular weight is 206 g/mol. The average Bonchev–Trinajstić information content (AvgIpc) is 2.59. The van der Waals surface area contributed by atoms with E-state index in [2.05, 4.69) is 12.2 Å². The lowest BCUT2D eigenvalue weighted by Crippen LogP contribution is -1.97. The molecule has 0 saturated carbocycles. The maximum atomic E-state index is 11.2. The molecule has 1 aliphatic heterocycles. The zero-order valence-corrected chi connectivity index (χ0v) is 9.45. The summed E-state index contributed by atoms with van der Waals surface area (Å²) >= 11 is 0. The molecular weight excluding hydrogens is 188 g/mol. The standard InChI is InChI=1S/C13H18O2/c1-3-5-6-7-8-9-12-10-11(4-2)13(14)15-12/h3,5,9-10H,4,6-8H2,1-2H3/b5-3+,12-9+. The van der Waals surface area contributed by atoms with Crippen LogP contribution in [0, 0.1) is 0 Å². The molecule has 1 aliphatic rings. The lowest BCUT2D eigenvalue weighted by atomic mass is 10.2. The number of hydrogen-bond acceptors (Lipinski definition) is 2. The molecule has 1 rings (SSSR count). The number of allylic oxidation sites excluding steroid dienone is 4. The van der Waals surface area contributed by atoms with Crippen LogP contribution in [0.3, 0.4) is 0 Å². The fraction of sp³-hybridized carbons (Fsp3) is 0.462. The molecule has 2 nitrogen and oxygen atoms in total. The highest BCUT2D eigenvalue weighted by molar-refractivity contribution is 5.92. The molecule has 1 heterocycles. The van der Waals surface area contributed by atoms with E-state index in [1.807, 2.05) is 26.0 Å². The minimum absolute atomic E-state index is 0.183. The molecule has 15 heavy (non-hydrogen) atoms. The second-order valence-corrected chi connectivity index (χ2v) is 3.52. The summed E-state index contributed by atoms with van der Waals surface area (Å²) in [6.45, 7) is 3.98. The van der Waals surface area contributed by atoms with Crippen molar-refractivity contribution in [2.45, 2.75) is 39.5 Å². The van der Waals surface area contributed by atoms with Gasteiger partial charge in [-0.15, -0.1) is 0 Å². The highest BCUT2D eigenvalue weighted by atomic mass is 16.5. The second-order valence-electron chi connectivity index (χ2n) is 3.52. The normalized spacial score (nSPS) is 18.7. The summed E-state index contributed by atoms with van der Waals surface area (Å²) in [6.07, 6.45) is 11.9. The van der Waals surface area contributed by atoms with Gasteiger partial charge in [0.05, 0.1) is 0 Å². The van der Waals surface area contributed by atoms with E-state index in [4.69, 9.17) is 4.74 Å². The summed E-state index contributed by atoms with van der Waals surface area (Å²) in [6, 6.07) is 0. The summed E-state index contributed by atoms with van der Waals surface area (Å²) in [5, 5.41) is 0. The van der Waals surface area contributed by atoms with Gasteiger partial charge in [0.1, 0.15) is 5.76 Å². The maximum Gasteiger partial charge on any atom is 0.339 e. The van der Waals surface area contributed by atoms with Gasteiger partial charge in [-0.05, 0) is 44.8 Å². The Morgan fingerprint density at radius 1 is 1.40 bits per heavy atom. The number of carbonyl (C=O) groups excluding carboxylic acids is 1. The van der Waals surface area contributed by atoms with Crippen LogP contribution >= 0.6 is 0 Å². The molecule has 0 bridgehead atoms. The SMILES string of the molecule is C/C=C/CCC/C=C1\C=C(CC)C(=O)O1. The molecule has 0 unspecified atom stereocenters. The molecule has 0 aromatic heterocycles. The van der Waals surface area contributed by atoms with Crippen LogP contribution in [-0.2, 0) is 9.53 Å². The first-order chi connectivity index (χ1) is 7.27. The minimum atomic E-state index is -0.183. The van der Waals surface area contributed by atoms with Gasteiger partial charge in [-0.2, -0.15) is 0 Å². The van der Waals surface area contributed by atoms with E-state index >= 15 is 0 Å². The predicted octanol–water partition coefficient (Wildman–Crippen LogP) is 3.51. The molecule has 0 saturated heterocycles. The van der Waals surface area contributed by atoms with E-state index in [0.717, 1.165) is 37.0 Å². The lowest BCUT2D eigenvalue weighted by Gasteiger charge is -1.95. The first-order valence-corrected chi connectivity index (χ1v) is 5.52. The van der Waals surface area contributed by atoms with Crippen molar-refractivity contribution in [2.24, 2.45) is 0 Å². The van der Waals surface area contributed by atoms with Gasteiger partial charge in [-0.25, -0.2) is 4.79 Å². The summed E-state index contributed by atoms with van der Waals surface area (Å²) < 4.78 is 5.08. The van der Waals surface area contributed by atoms with Gasteiger partial charge in [-0.1, -0.05) is 19.1 Å². The molecule has 0 N–H and O–H groups in total. The number of rotatable bonds is 5. The van der Waals surface area contributed by atoms with Crippen LogP contribution in [0.5, 0.6) is 0 Å². The van der Waals surface area contributed by atoms with Crippen molar-refractivity contribution < 1.29 is 9.53 Å². The topological polar surface area (TPSA) is 26.3 Å². The van der Waals surface area contributed by atoms with E-state index in [9.17, 15) is 4.79 Å². The molecule has 82 valence electrons. The number of cyclic esters (lactones) is 1.